The average Bonchev–Trinajstić information content (AvgIpc) is 2.98. The molecule has 1 aliphatic rings. The van der Waals surface area contributed by atoms with Gasteiger partial charge >= 0.3 is 0 Å². The second-order valence-electron chi connectivity index (χ2n) is 5.44. The molecule has 0 heterocycles. The molecule has 0 unspecified atom stereocenters. The third kappa shape index (κ3) is 2.46. The highest BCUT2D eigenvalue weighted by Crippen LogP contribution is 2.22. The molecule has 2 nitrogen and oxygen atoms in total. The highest BCUT2D eigenvalue weighted by atomic mass is 16.1. The quantitative estimate of drug-likeness (QED) is 0.887. The normalized spacial score (nSPS) is 15.4. The van der Waals surface area contributed by atoms with E-state index in [0.29, 0.717) is 6.04 Å². The molecule has 1 saturated carbocycles. The van der Waals surface area contributed by atoms with Crippen LogP contribution in [0.4, 0.5) is 0 Å². The fourth-order valence-electron chi connectivity index (χ4n) is 2.97. The summed E-state index contributed by atoms with van der Waals surface area (Å²) in [6.45, 7) is 3.83. The standard InChI is InChI=1S/C18H19NO/c1-2-13-6-5-7-14-12-15(10-11-17(13)14)18(20)19-16-8-3-4-9-16/h2,5-7,10-12,16H,1,3-4,8-9H2,(H,19,20). The number of fused-ring (bicyclic) bond motifs is 1. The van der Waals surface area contributed by atoms with Gasteiger partial charge < -0.3 is 5.32 Å². The smallest absolute Gasteiger partial charge is 0.251 e. The minimum atomic E-state index is 0.0443. The number of nitrogens with one attached hydrogen (secondary N) is 1. The van der Waals surface area contributed by atoms with E-state index in [0.717, 1.165) is 34.7 Å². The van der Waals surface area contributed by atoms with Crippen LogP contribution in [-0.2, 0) is 0 Å². The number of hydrogen-bond donors (Lipinski definition) is 1. The molecular formula is C18H19NO. The van der Waals surface area contributed by atoms with E-state index in [4.69, 9.17) is 0 Å². The zero-order chi connectivity index (χ0) is 13.9. The van der Waals surface area contributed by atoms with Crippen LogP contribution in [0, 0.1) is 0 Å². The summed E-state index contributed by atoms with van der Waals surface area (Å²) >= 11 is 0. The summed E-state index contributed by atoms with van der Waals surface area (Å²) in [4.78, 5) is 12.3. The Bertz CT molecular complexity index is 654. The van der Waals surface area contributed by atoms with E-state index in [1.807, 2.05) is 42.5 Å². The van der Waals surface area contributed by atoms with Crippen LogP contribution in [0.2, 0.25) is 0 Å². The van der Waals surface area contributed by atoms with Crippen molar-refractivity contribution in [3.8, 4) is 0 Å². The third-order valence-electron chi connectivity index (χ3n) is 4.09. The average molecular weight is 265 g/mol. The van der Waals surface area contributed by atoms with E-state index in [1.54, 1.807) is 0 Å². The molecular weight excluding hydrogens is 246 g/mol. The predicted molar refractivity (Wildman–Crippen MR) is 83.8 cm³/mol. The van der Waals surface area contributed by atoms with Crippen LogP contribution in [0.25, 0.3) is 16.8 Å². The van der Waals surface area contributed by atoms with Gasteiger partial charge in [0.2, 0.25) is 0 Å². The second kappa shape index (κ2) is 5.49. The van der Waals surface area contributed by atoms with Crippen LogP contribution in [-0.4, -0.2) is 11.9 Å². The molecule has 1 fully saturated rings. The molecule has 2 aromatic carbocycles. The summed E-state index contributed by atoms with van der Waals surface area (Å²) in [5.74, 6) is 0.0443. The number of hydrogen-bond acceptors (Lipinski definition) is 1. The molecule has 1 amide bonds. The Balaban J connectivity index is 1.88. The molecule has 0 bridgehead atoms. The first kappa shape index (κ1) is 12.9. The maximum absolute atomic E-state index is 12.3. The fourth-order valence-corrected chi connectivity index (χ4v) is 2.97. The summed E-state index contributed by atoms with van der Waals surface area (Å²) in [6.07, 6.45) is 6.52. The Kier molecular flexibility index (Phi) is 3.55. The van der Waals surface area contributed by atoms with Crippen molar-refractivity contribution in [2.24, 2.45) is 0 Å². The lowest BCUT2D eigenvalue weighted by Gasteiger charge is -2.12. The van der Waals surface area contributed by atoms with E-state index >= 15 is 0 Å². The molecule has 0 atom stereocenters. The van der Waals surface area contributed by atoms with Gasteiger partial charge in [-0.15, -0.1) is 0 Å². The zero-order valence-corrected chi connectivity index (χ0v) is 11.6. The molecule has 0 aromatic heterocycles. The SMILES string of the molecule is C=Cc1cccc2cc(C(=O)NC3CCCC3)ccc12. The Morgan fingerprint density at radius 2 is 2.00 bits per heavy atom. The monoisotopic (exact) mass is 265 g/mol. The van der Waals surface area contributed by atoms with Crippen molar-refractivity contribution < 1.29 is 4.79 Å². The first-order valence-corrected chi connectivity index (χ1v) is 7.24. The van der Waals surface area contributed by atoms with Crippen molar-refractivity contribution in [2.75, 3.05) is 0 Å². The number of carbonyl (C=O) groups is 1. The van der Waals surface area contributed by atoms with E-state index in [2.05, 4.69) is 11.9 Å². The third-order valence-corrected chi connectivity index (χ3v) is 4.09. The highest BCUT2D eigenvalue weighted by Gasteiger charge is 2.18. The fraction of sp³-hybridized carbons (Fsp3) is 0.278. The number of benzene rings is 2. The molecule has 2 aromatic rings. The molecule has 0 aliphatic heterocycles. The molecule has 0 radical (unpaired) electrons. The summed E-state index contributed by atoms with van der Waals surface area (Å²) in [5.41, 5.74) is 1.84. The Morgan fingerprint density at radius 1 is 1.20 bits per heavy atom. The Labute approximate surface area is 119 Å². The number of amides is 1. The molecule has 0 saturated heterocycles. The second-order valence-corrected chi connectivity index (χ2v) is 5.44. The summed E-state index contributed by atoms with van der Waals surface area (Å²) < 4.78 is 0. The van der Waals surface area contributed by atoms with Crippen LogP contribution in [0.1, 0.15) is 41.6 Å². The van der Waals surface area contributed by atoms with Gasteiger partial charge in [0.15, 0.2) is 0 Å². The highest BCUT2D eigenvalue weighted by molar-refractivity contribution is 6.00. The van der Waals surface area contributed by atoms with Crippen LogP contribution in [0.15, 0.2) is 43.0 Å². The van der Waals surface area contributed by atoms with Gasteiger partial charge in [0, 0.05) is 11.6 Å². The van der Waals surface area contributed by atoms with Crippen LogP contribution < -0.4 is 5.32 Å². The molecule has 1 aliphatic carbocycles. The van der Waals surface area contributed by atoms with Crippen molar-refractivity contribution in [3.05, 3.63) is 54.1 Å². The van der Waals surface area contributed by atoms with E-state index in [1.165, 1.54) is 12.8 Å². The maximum Gasteiger partial charge on any atom is 0.251 e. The maximum atomic E-state index is 12.3. The van der Waals surface area contributed by atoms with Gasteiger partial charge in [0.1, 0.15) is 0 Å². The lowest BCUT2D eigenvalue weighted by Crippen LogP contribution is -2.32. The minimum absolute atomic E-state index is 0.0443. The van der Waals surface area contributed by atoms with Gasteiger partial charge in [-0.05, 0) is 41.3 Å². The lowest BCUT2D eigenvalue weighted by molar-refractivity contribution is 0.0938. The van der Waals surface area contributed by atoms with E-state index in [9.17, 15) is 4.79 Å². The summed E-state index contributed by atoms with van der Waals surface area (Å²) in [7, 11) is 0. The van der Waals surface area contributed by atoms with Crippen molar-refractivity contribution in [1.29, 1.82) is 0 Å². The summed E-state index contributed by atoms with van der Waals surface area (Å²) in [6, 6.07) is 12.3. The van der Waals surface area contributed by atoms with Crippen LogP contribution in [0.3, 0.4) is 0 Å². The van der Waals surface area contributed by atoms with Gasteiger partial charge in [0.05, 0.1) is 0 Å². The zero-order valence-electron chi connectivity index (χ0n) is 11.6. The topological polar surface area (TPSA) is 29.1 Å². The van der Waals surface area contributed by atoms with Gasteiger partial charge in [0.25, 0.3) is 5.91 Å². The molecule has 2 heteroatoms. The molecule has 3 rings (SSSR count). The Morgan fingerprint density at radius 3 is 2.75 bits per heavy atom. The van der Waals surface area contributed by atoms with Crippen molar-refractivity contribution in [2.45, 2.75) is 31.7 Å². The van der Waals surface area contributed by atoms with Gasteiger partial charge in [-0.1, -0.05) is 49.8 Å². The Hall–Kier alpha value is -2.09. The molecule has 20 heavy (non-hydrogen) atoms. The van der Waals surface area contributed by atoms with E-state index < -0.39 is 0 Å². The van der Waals surface area contributed by atoms with E-state index in [-0.39, 0.29) is 5.91 Å². The lowest BCUT2D eigenvalue weighted by atomic mass is 10.0. The van der Waals surface area contributed by atoms with Gasteiger partial charge in [-0.2, -0.15) is 0 Å². The van der Waals surface area contributed by atoms with Crippen molar-refractivity contribution in [1.82, 2.24) is 5.32 Å². The number of carbonyl (C=O) groups excluding carboxylic acids is 1. The van der Waals surface area contributed by atoms with Crippen molar-refractivity contribution >= 4 is 22.8 Å². The minimum Gasteiger partial charge on any atom is -0.349 e. The van der Waals surface area contributed by atoms with Crippen LogP contribution >= 0.6 is 0 Å². The molecule has 0 spiro atoms. The predicted octanol–water partition coefficient (Wildman–Crippen LogP) is 4.16. The van der Waals surface area contributed by atoms with Gasteiger partial charge in [-0.3, -0.25) is 4.79 Å². The first-order valence-electron chi connectivity index (χ1n) is 7.24. The molecule has 102 valence electrons. The van der Waals surface area contributed by atoms with Crippen molar-refractivity contribution in [3.63, 3.8) is 0 Å². The van der Waals surface area contributed by atoms with Gasteiger partial charge in [-0.25, -0.2) is 0 Å². The number of rotatable bonds is 3. The first-order chi connectivity index (χ1) is 9.78. The largest absolute Gasteiger partial charge is 0.349 e. The summed E-state index contributed by atoms with van der Waals surface area (Å²) in [5, 5.41) is 5.35. The van der Waals surface area contributed by atoms with Crippen LogP contribution in [0.5, 0.6) is 0 Å². The molecule has 1 N–H and O–H groups in total.